The molecule has 2 aromatic rings. The normalized spacial score (nSPS) is 11.2. The summed E-state index contributed by atoms with van der Waals surface area (Å²) in [6.07, 6.45) is 1.66. The van der Waals surface area contributed by atoms with Crippen LogP contribution in [0.15, 0.2) is 29.0 Å². The molecule has 0 unspecified atom stereocenters. The van der Waals surface area contributed by atoms with E-state index < -0.39 is 0 Å². The van der Waals surface area contributed by atoms with Crippen LogP contribution in [0.3, 0.4) is 0 Å². The first kappa shape index (κ1) is 13.1. The summed E-state index contributed by atoms with van der Waals surface area (Å²) >= 11 is 3.23. The first-order valence-electron chi connectivity index (χ1n) is 5.75. The Balaban J connectivity index is 2.42. The van der Waals surface area contributed by atoms with Crippen molar-refractivity contribution in [2.45, 2.75) is 20.4 Å². The zero-order valence-electron chi connectivity index (χ0n) is 10.3. The second-order valence-corrected chi connectivity index (χ2v) is 5.56. The number of imidazole rings is 1. The summed E-state index contributed by atoms with van der Waals surface area (Å²) in [4.78, 5) is 4.21. The topological polar surface area (TPSA) is 43.8 Å². The average Bonchev–Trinajstić information content (AvgIpc) is 2.60. The van der Waals surface area contributed by atoms with Gasteiger partial charge in [0.2, 0.25) is 0 Å². The van der Waals surface area contributed by atoms with Gasteiger partial charge in [-0.1, -0.05) is 29.8 Å². The molecule has 2 N–H and O–H groups in total. The van der Waals surface area contributed by atoms with Crippen molar-refractivity contribution in [3.63, 3.8) is 0 Å². The number of aromatic nitrogens is 2. The van der Waals surface area contributed by atoms with Crippen molar-refractivity contribution < 1.29 is 4.39 Å². The second-order valence-electron chi connectivity index (χ2n) is 4.65. The number of hydrogen-bond donors (Lipinski definition) is 1. The molecule has 0 radical (unpaired) electrons. The van der Waals surface area contributed by atoms with Crippen molar-refractivity contribution in [3.05, 3.63) is 34.8 Å². The lowest BCUT2D eigenvalue weighted by molar-refractivity contribution is 0.527. The van der Waals surface area contributed by atoms with Crippen LogP contribution < -0.4 is 5.73 Å². The largest absolute Gasteiger partial charge is 0.383 e. The van der Waals surface area contributed by atoms with Crippen LogP contribution in [-0.4, -0.2) is 9.55 Å². The highest BCUT2D eigenvalue weighted by atomic mass is 79.9. The van der Waals surface area contributed by atoms with Gasteiger partial charge in [-0.2, -0.15) is 0 Å². The number of nitrogens with zero attached hydrogens (tertiary/aromatic N) is 2. The third-order valence-electron chi connectivity index (χ3n) is 2.63. The van der Waals surface area contributed by atoms with Gasteiger partial charge in [0.05, 0.1) is 6.33 Å². The van der Waals surface area contributed by atoms with Crippen LogP contribution in [-0.2, 0) is 6.54 Å². The Kier molecular flexibility index (Phi) is 3.71. The van der Waals surface area contributed by atoms with Crippen LogP contribution in [0.25, 0.3) is 11.3 Å². The van der Waals surface area contributed by atoms with Crippen molar-refractivity contribution in [2.75, 3.05) is 5.73 Å². The van der Waals surface area contributed by atoms with Gasteiger partial charge in [-0.05, 0) is 24.1 Å². The van der Waals surface area contributed by atoms with E-state index in [4.69, 9.17) is 5.73 Å². The molecule has 1 heterocycles. The average molecular weight is 312 g/mol. The van der Waals surface area contributed by atoms with Crippen LogP contribution in [0.4, 0.5) is 10.2 Å². The highest BCUT2D eigenvalue weighted by Gasteiger charge is 2.14. The van der Waals surface area contributed by atoms with Crippen molar-refractivity contribution in [3.8, 4) is 11.3 Å². The molecule has 0 fully saturated rings. The molecule has 0 atom stereocenters. The lowest BCUT2D eigenvalue weighted by atomic mass is 10.1. The number of nitrogens with two attached hydrogens (primary N) is 1. The number of rotatable bonds is 3. The van der Waals surface area contributed by atoms with E-state index in [9.17, 15) is 4.39 Å². The Morgan fingerprint density at radius 3 is 2.78 bits per heavy atom. The number of hydrogen-bond acceptors (Lipinski definition) is 2. The highest BCUT2D eigenvalue weighted by molar-refractivity contribution is 9.10. The Morgan fingerprint density at radius 2 is 2.17 bits per heavy atom. The Morgan fingerprint density at radius 1 is 1.44 bits per heavy atom. The molecule has 0 aliphatic rings. The smallest absolute Gasteiger partial charge is 0.133 e. The van der Waals surface area contributed by atoms with E-state index >= 15 is 0 Å². The quantitative estimate of drug-likeness (QED) is 0.939. The molecule has 0 spiro atoms. The second kappa shape index (κ2) is 5.10. The van der Waals surface area contributed by atoms with E-state index in [0.717, 1.165) is 6.54 Å². The van der Waals surface area contributed by atoms with E-state index in [2.05, 4.69) is 34.8 Å². The molecule has 5 heteroatoms. The van der Waals surface area contributed by atoms with Crippen molar-refractivity contribution in [2.24, 2.45) is 5.92 Å². The van der Waals surface area contributed by atoms with Crippen molar-refractivity contribution in [1.29, 1.82) is 0 Å². The standard InChI is InChI=1S/C13H15BrFN3/c1-8(2)6-18-7-17-12(13(18)16)10-4-3-9(14)5-11(10)15/h3-5,7-8H,6,16H2,1-2H3. The van der Waals surface area contributed by atoms with Gasteiger partial charge in [0.1, 0.15) is 17.3 Å². The molecule has 0 saturated heterocycles. The molecule has 18 heavy (non-hydrogen) atoms. The molecule has 0 bridgehead atoms. The number of halogens is 2. The van der Waals surface area contributed by atoms with Gasteiger partial charge in [0, 0.05) is 16.6 Å². The summed E-state index contributed by atoms with van der Waals surface area (Å²) in [5, 5.41) is 0. The molecule has 1 aromatic carbocycles. The van der Waals surface area contributed by atoms with Crippen LogP contribution >= 0.6 is 15.9 Å². The molecule has 2 rings (SSSR count). The predicted octanol–water partition coefficient (Wildman–Crippen LogP) is 3.69. The zero-order chi connectivity index (χ0) is 13.3. The minimum Gasteiger partial charge on any atom is -0.383 e. The molecule has 0 aliphatic carbocycles. The SMILES string of the molecule is CC(C)Cn1cnc(-c2ccc(Br)cc2F)c1N. The maximum atomic E-state index is 13.9. The molecule has 3 nitrogen and oxygen atoms in total. The van der Waals surface area contributed by atoms with Gasteiger partial charge in [-0.3, -0.25) is 0 Å². The lowest BCUT2D eigenvalue weighted by Gasteiger charge is -2.08. The van der Waals surface area contributed by atoms with Gasteiger partial charge in [0.15, 0.2) is 0 Å². The van der Waals surface area contributed by atoms with E-state index in [1.54, 1.807) is 18.5 Å². The molecule has 0 aliphatic heterocycles. The molecule has 0 amide bonds. The molecular weight excluding hydrogens is 297 g/mol. The van der Waals surface area contributed by atoms with Gasteiger partial charge in [-0.25, -0.2) is 9.37 Å². The summed E-state index contributed by atoms with van der Waals surface area (Å²) in [6, 6.07) is 4.87. The van der Waals surface area contributed by atoms with Crippen molar-refractivity contribution in [1.82, 2.24) is 9.55 Å². The van der Waals surface area contributed by atoms with Gasteiger partial charge >= 0.3 is 0 Å². The van der Waals surface area contributed by atoms with E-state index in [1.165, 1.54) is 6.07 Å². The molecule has 96 valence electrons. The number of nitrogen functional groups attached to an aromatic ring is 1. The number of anilines is 1. The van der Waals surface area contributed by atoms with E-state index in [-0.39, 0.29) is 5.82 Å². The fourth-order valence-electron chi connectivity index (χ4n) is 1.82. The molecular formula is C13H15BrFN3. The first-order chi connectivity index (χ1) is 8.49. The van der Waals surface area contributed by atoms with Crippen LogP contribution in [0.2, 0.25) is 0 Å². The van der Waals surface area contributed by atoms with E-state index in [1.807, 2.05) is 4.57 Å². The van der Waals surface area contributed by atoms with Crippen molar-refractivity contribution >= 4 is 21.7 Å². The maximum Gasteiger partial charge on any atom is 0.133 e. The Hall–Kier alpha value is -1.36. The van der Waals surface area contributed by atoms with Gasteiger partial charge in [-0.15, -0.1) is 0 Å². The van der Waals surface area contributed by atoms with Crippen LogP contribution in [0.5, 0.6) is 0 Å². The zero-order valence-corrected chi connectivity index (χ0v) is 11.9. The molecule has 1 aromatic heterocycles. The minimum atomic E-state index is -0.328. The third kappa shape index (κ3) is 2.56. The fourth-order valence-corrected chi connectivity index (χ4v) is 2.15. The maximum absolute atomic E-state index is 13.9. The van der Waals surface area contributed by atoms with Gasteiger partial charge < -0.3 is 10.3 Å². The number of benzene rings is 1. The van der Waals surface area contributed by atoms with Crippen LogP contribution in [0, 0.1) is 11.7 Å². The van der Waals surface area contributed by atoms with E-state index in [0.29, 0.717) is 27.5 Å². The van der Waals surface area contributed by atoms with Gasteiger partial charge in [0.25, 0.3) is 0 Å². The summed E-state index contributed by atoms with van der Waals surface area (Å²) in [7, 11) is 0. The summed E-state index contributed by atoms with van der Waals surface area (Å²) in [5.74, 6) is 0.639. The lowest BCUT2D eigenvalue weighted by Crippen LogP contribution is -2.07. The van der Waals surface area contributed by atoms with Crippen LogP contribution in [0.1, 0.15) is 13.8 Å². The Bertz CT molecular complexity index is 563. The highest BCUT2D eigenvalue weighted by Crippen LogP contribution is 2.28. The predicted molar refractivity (Wildman–Crippen MR) is 74.6 cm³/mol. The molecule has 0 saturated carbocycles. The fraction of sp³-hybridized carbons (Fsp3) is 0.308. The minimum absolute atomic E-state index is 0.328. The Labute approximate surface area is 114 Å². The summed E-state index contributed by atoms with van der Waals surface area (Å²) in [5.41, 5.74) is 6.94. The first-order valence-corrected chi connectivity index (χ1v) is 6.54. The monoisotopic (exact) mass is 311 g/mol. The third-order valence-corrected chi connectivity index (χ3v) is 3.12. The summed E-state index contributed by atoms with van der Waals surface area (Å²) in [6.45, 7) is 4.97. The summed E-state index contributed by atoms with van der Waals surface area (Å²) < 4.78 is 16.4.